The summed E-state index contributed by atoms with van der Waals surface area (Å²) in [6.45, 7) is 2.15. The van der Waals surface area contributed by atoms with E-state index in [-0.39, 0.29) is 11.9 Å². The molecule has 20 heavy (non-hydrogen) atoms. The van der Waals surface area contributed by atoms with Crippen LogP contribution in [0.2, 0.25) is 0 Å². The number of nitrogens with zero attached hydrogens (tertiary/aromatic N) is 1. The maximum atomic E-state index is 11.7. The number of halogens is 1. The minimum atomic E-state index is -1.21. The van der Waals surface area contributed by atoms with E-state index in [1.807, 2.05) is 0 Å². The fourth-order valence-electron chi connectivity index (χ4n) is 2.51. The number of rotatable bonds is 4. The standard InChI is InChI=1S/C13H18BrNO4S/c1-2-19-12(17)8-3-5-13(18,6-4-8)10(16)11-15-7-9(14)20-11/h7-8,10,16,18H,2-6H2,1H3. The van der Waals surface area contributed by atoms with Gasteiger partial charge in [-0.1, -0.05) is 0 Å². The number of carbonyl (C=O) groups excluding carboxylic acids is 1. The van der Waals surface area contributed by atoms with Crippen molar-refractivity contribution < 1.29 is 19.7 Å². The zero-order valence-electron chi connectivity index (χ0n) is 11.2. The lowest BCUT2D eigenvalue weighted by atomic mass is 9.76. The van der Waals surface area contributed by atoms with Gasteiger partial charge >= 0.3 is 5.97 Å². The van der Waals surface area contributed by atoms with Crippen molar-refractivity contribution in [3.8, 4) is 0 Å². The molecule has 2 N–H and O–H groups in total. The van der Waals surface area contributed by atoms with E-state index < -0.39 is 11.7 Å². The Hall–Kier alpha value is -0.500. The quantitative estimate of drug-likeness (QED) is 0.803. The Morgan fingerprint density at radius 1 is 1.65 bits per heavy atom. The highest BCUT2D eigenvalue weighted by atomic mass is 79.9. The second kappa shape index (κ2) is 6.51. The van der Waals surface area contributed by atoms with Gasteiger partial charge in [-0.3, -0.25) is 4.79 Å². The number of ether oxygens (including phenoxy) is 1. The van der Waals surface area contributed by atoms with Crippen LogP contribution in [-0.2, 0) is 9.53 Å². The molecule has 1 saturated carbocycles. The van der Waals surface area contributed by atoms with Crippen molar-refractivity contribution in [3.63, 3.8) is 0 Å². The third-order valence-corrected chi connectivity index (χ3v) is 5.24. The summed E-state index contributed by atoms with van der Waals surface area (Å²) >= 11 is 4.60. The van der Waals surface area contributed by atoms with Crippen LogP contribution in [0.15, 0.2) is 9.98 Å². The maximum absolute atomic E-state index is 11.7. The Balaban J connectivity index is 1.99. The second-order valence-corrected chi connectivity index (χ2v) is 7.48. The van der Waals surface area contributed by atoms with Crippen molar-refractivity contribution in [2.45, 2.75) is 44.3 Å². The summed E-state index contributed by atoms with van der Waals surface area (Å²) in [5, 5.41) is 21.4. The summed E-state index contributed by atoms with van der Waals surface area (Å²) < 4.78 is 5.81. The SMILES string of the molecule is CCOC(=O)C1CCC(O)(C(O)c2ncc(Br)s2)CC1. The smallest absolute Gasteiger partial charge is 0.308 e. The van der Waals surface area contributed by atoms with Crippen LogP contribution in [0.3, 0.4) is 0 Å². The zero-order valence-corrected chi connectivity index (χ0v) is 13.6. The van der Waals surface area contributed by atoms with Crippen molar-refractivity contribution in [2.75, 3.05) is 6.61 Å². The van der Waals surface area contributed by atoms with Crippen LogP contribution < -0.4 is 0 Å². The molecule has 1 fully saturated rings. The number of esters is 1. The van der Waals surface area contributed by atoms with Crippen LogP contribution in [0.4, 0.5) is 0 Å². The summed E-state index contributed by atoms with van der Waals surface area (Å²) in [6.07, 6.45) is 2.39. The number of hydrogen-bond acceptors (Lipinski definition) is 6. The van der Waals surface area contributed by atoms with Gasteiger partial charge in [-0.2, -0.15) is 0 Å². The molecule has 5 nitrogen and oxygen atoms in total. The zero-order chi connectivity index (χ0) is 14.8. The molecule has 0 saturated heterocycles. The summed E-state index contributed by atoms with van der Waals surface area (Å²) in [5.74, 6) is -0.383. The van der Waals surface area contributed by atoms with Gasteiger partial charge in [0.2, 0.25) is 0 Å². The van der Waals surface area contributed by atoms with E-state index in [9.17, 15) is 15.0 Å². The molecule has 112 valence electrons. The van der Waals surface area contributed by atoms with E-state index in [1.54, 1.807) is 13.1 Å². The van der Waals surface area contributed by atoms with Crippen LogP contribution in [0.1, 0.15) is 43.7 Å². The lowest BCUT2D eigenvalue weighted by Crippen LogP contribution is -2.41. The molecule has 0 aliphatic heterocycles. The van der Waals surface area contributed by atoms with Crippen LogP contribution in [0, 0.1) is 5.92 Å². The molecule has 0 bridgehead atoms. The van der Waals surface area contributed by atoms with Crippen LogP contribution in [0.25, 0.3) is 0 Å². The number of thiazole rings is 1. The Morgan fingerprint density at radius 3 is 2.80 bits per heavy atom. The van der Waals surface area contributed by atoms with Crippen LogP contribution >= 0.6 is 27.3 Å². The average Bonchev–Trinajstić information content (AvgIpc) is 2.85. The Labute approximate surface area is 130 Å². The highest BCUT2D eigenvalue weighted by molar-refractivity contribution is 9.11. The molecule has 0 radical (unpaired) electrons. The van der Waals surface area contributed by atoms with Crippen LogP contribution in [-0.4, -0.2) is 33.4 Å². The van der Waals surface area contributed by atoms with Crippen molar-refractivity contribution in [1.82, 2.24) is 4.98 Å². The van der Waals surface area contributed by atoms with Crippen molar-refractivity contribution in [2.24, 2.45) is 5.92 Å². The second-order valence-electron chi connectivity index (χ2n) is 5.04. The van der Waals surface area contributed by atoms with E-state index in [0.717, 1.165) is 3.79 Å². The molecule has 1 aliphatic carbocycles. The first-order chi connectivity index (χ1) is 9.46. The number of aromatic nitrogens is 1. The first kappa shape index (κ1) is 15.9. The predicted octanol–water partition coefficient (Wildman–Crippen LogP) is 2.42. The summed E-state index contributed by atoms with van der Waals surface area (Å²) in [5.41, 5.74) is -1.21. The molecule has 7 heteroatoms. The minimum absolute atomic E-state index is 0.176. The monoisotopic (exact) mass is 363 g/mol. The van der Waals surface area contributed by atoms with Gasteiger partial charge in [-0.25, -0.2) is 4.98 Å². The molecule has 1 atom stereocenters. The van der Waals surface area contributed by atoms with Crippen molar-refractivity contribution in [1.29, 1.82) is 0 Å². The summed E-state index contributed by atoms with van der Waals surface area (Å²) in [6, 6.07) is 0. The first-order valence-corrected chi connectivity index (χ1v) is 8.25. The molecule has 0 spiro atoms. The van der Waals surface area contributed by atoms with Gasteiger partial charge in [-0.15, -0.1) is 11.3 Å². The minimum Gasteiger partial charge on any atom is -0.466 e. The van der Waals surface area contributed by atoms with Gasteiger partial charge in [0, 0.05) is 0 Å². The van der Waals surface area contributed by atoms with E-state index in [1.165, 1.54) is 11.3 Å². The molecule has 1 unspecified atom stereocenters. The normalized spacial score (nSPS) is 28.1. The highest BCUT2D eigenvalue weighted by Crippen LogP contribution is 2.42. The van der Waals surface area contributed by atoms with Crippen LogP contribution in [0.5, 0.6) is 0 Å². The Kier molecular flexibility index (Phi) is 5.17. The topological polar surface area (TPSA) is 79.7 Å². The van der Waals surface area contributed by atoms with Gasteiger partial charge in [0.15, 0.2) is 0 Å². The van der Waals surface area contributed by atoms with Gasteiger partial charge < -0.3 is 14.9 Å². The third kappa shape index (κ3) is 3.39. The highest BCUT2D eigenvalue weighted by Gasteiger charge is 2.43. The molecular formula is C13H18BrNO4S. The van der Waals surface area contributed by atoms with Crippen molar-refractivity contribution in [3.05, 3.63) is 15.0 Å². The largest absolute Gasteiger partial charge is 0.466 e. The molecule has 1 aliphatic rings. The van der Waals surface area contributed by atoms with E-state index >= 15 is 0 Å². The Bertz CT molecular complexity index is 471. The lowest BCUT2D eigenvalue weighted by molar-refractivity contribution is -0.154. The maximum Gasteiger partial charge on any atom is 0.308 e. The van der Waals surface area contributed by atoms with Gasteiger partial charge in [0.25, 0.3) is 0 Å². The Morgan fingerprint density at radius 2 is 2.30 bits per heavy atom. The van der Waals surface area contributed by atoms with Crippen molar-refractivity contribution >= 4 is 33.2 Å². The fourth-order valence-corrected chi connectivity index (χ4v) is 3.85. The third-order valence-electron chi connectivity index (χ3n) is 3.71. The molecule has 0 amide bonds. The number of carbonyl (C=O) groups is 1. The average molecular weight is 364 g/mol. The van der Waals surface area contributed by atoms with E-state index in [4.69, 9.17) is 4.74 Å². The lowest BCUT2D eigenvalue weighted by Gasteiger charge is -2.37. The van der Waals surface area contributed by atoms with Gasteiger partial charge in [0.05, 0.1) is 28.1 Å². The first-order valence-electron chi connectivity index (χ1n) is 6.64. The molecule has 1 heterocycles. The summed E-state index contributed by atoms with van der Waals surface area (Å²) in [4.78, 5) is 15.8. The molecule has 1 aromatic rings. The van der Waals surface area contributed by atoms with Gasteiger partial charge in [-0.05, 0) is 48.5 Å². The number of hydrogen-bond donors (Lipinski definition) is 2. The molecule has 2 rings (SSSR count). The molecule has 0 aromatic carbocycles. The number of aliphatic hydroxyl groups excluding tert-OH is 1. The molecule has 1 aromatic heterocycles. The van der Waals surface area contributed by atoms with E-state index in [2.05, 4.69) is 20.9 Å². The molecular weight excluding hydrogens is 346 g/mol. The fraction of sp³-hybridized carbons (Fsp3) is 0.692. The predicted molar refractivity (Wildman–Crippen MR) is 78.3 cm³/mol. The van der Waals surface area contributed by atoms with E-state index in [0.29, 0.717) is 37.3 Å². The summed E-state index contributed by atoms with van der Waals surface area (Å²) in [7, 11) is 0. The van der Waals surface area contributed by atoms with Gasteiger partial charge in [0.1, 0.15) is 11.1 Å². The number of aliphatic hydroxyl groups is 2.